The summed E-state index contributed by atoms with van der Waals surface area (Å²) >= 11 is -1.79. The van der Waals surface area contributed by atoms with Gasteiger partial charge in [-0.3, -0.25) is 4.21 Å². The molecule has 0 N–H and O–H groups in total. The predicted octanol–water partition coefficient (Wildman–Crippen LogP) is 0.274. The van der Waals surface area contributed by atoms with Crippen molar-refractivity contribution < 1.29 is 8.76 Å². The van der Waals surface area contributed by atoms with Gasteiger partial charge in [-0.15, -0.1) is 0 Å². The Labute approximate surface area is 45.2 Å². The molecule has 0 aromatic heterocycles. The second-order valence-corrected chi connectivity index (χ2v) is 3.14. The van der Waals surface area contributed by atoms with Crippen LogP contribution in [0.4, 0.5) is 0 Å². The minimum absolute atomic E-state index is 0.0139. The zero-order chi connectivity index (χ0) is 5.44. The van der Waals surface area contributed by atoms with Crippen LogP contribution in [-0.4, -0.2) is 14.0 Å². The fourth-order valence-electron chi connectivity index (χ4n) is 0.556. The van der Waals surface area contributed by atoms with Crippen molar-refractivity contribution >= 4 is 11.1 Å². The van der Waals surface area contributed by atoms with Gasteiger partial charge in [-0.05, 0) is 12.3 Å². The van der Waals surface area contributed by atoms with Gasteiger partial charge in [0.25, 0.3) is 0 Å². The maximum Gasteiger partial charge on any atom is 0.0244 e. The first kappa shape index (κ1) is 5.25. The Morgan fingerprint density at radius 3 is 2.29 bits per heavy atom. The molecule has 0 aliphatic heterocycles. The molecule has 3 unspecified atom stereocenters. The van der Waals surface area contributed by atoms with Gasteiger partial charge in [0.05, 0.1) is 0 Å². The van der Waals surface area contributed by atoms with Gasteiger partial charge in [0.2, 0.25) is 0 Å². The molecule has 2 nitrogen and oxygen atoms in total. The highest BCUT2D eigenvalue weighted by Crippen LogP contribution is 2.33. The molecule has 42 valence electrons. The highest BCUT2D eigenvalue weighted by molar-refractivity contribution is 7.80. The second kappa shape index (κ2) is 1.56. The molecule has 0 spiro atoms. The third-order valence-electron chi connectivity index (χ3n) is 1.28. The molecule has 7 heavy (non-hydrogen) atoms. The molecule has 0 aromatic rings. The van der Waals surface area contributed by atoms with Crippen molar-refractivity contribution in [2.24, 2.45) is 5.92 Å². The molecule has 1 aliphatic carbocycles. The van der Waals surface area contributed by atoms with Gasteiger partial charge in [-0.25, -0.2) is 0 Å². The van der Waals surface area contributed by atoms with Crippen LogP contribution in [0.2, 0.25) is 0 Å². The zero-order valence-corrected chi connectivity index (χ0v) is 4.90. The molecule has 1 rings (SSSR count). The lowest BCUT2D eigenvalue weighted by molar-refractivity contribution is 0.534. The van der Waals surface area contributed by atoms with E-state index in [4.69, 9.17) is 0 Å². The first-order valence-electron chi connectivity index (χ1n) is 2.30. The van der Waals surface area contributed by atoms with Crippen LogP contribution < -0.4 is 0 Å². The van der Waals surface area contributed by atoms with E-state index in [2.05, 4.69) is 0 Å². The Morgan fingerprint density at radius 1 is 1.86 bits per heavy atom. The van der Waals surface area contributed by atoms with E-state index in [1.54, 1.807) is 0 Å². The summed E-state index contributed by atoms with van der Waals surface area (Å²) in [6.45, 7) is 1.94. The van der Waals surface area contributed by atoms with Crippen LogP contribution in [0.3, 0.4) is 0 Å². The Morgan fingerprint density at radius 2 is 2.29 bits per heavy atom. The van der Waals surface area contributed by atoms with Gasteiger partial charge in [0.15, 0.2) is 0 Å². The van der Waals surface area contributed by atoms with Crippen molar-refractivity contribution in [3.8, 4) is 0 Å². The van der Waals surface area contributed by atoms with Gasteiger partial charge in [0.1, 0.15) is 0 Å². The molecule has 0 bridgehead atoms. The Bertz CT molecular complexity index is 102. The standard InChI is InChI=1S/C4H8O2S/c1-3-2-4(3)7(5)6/h3-4H,2H2,1H3,(H,5,6)/p-1. The monoisotopic (exact) mass is 119 g/mol. The molecule has 0 radical (unpaired) electrons. The van der Waals surface area contributed by atoms with E-state index in [1.807, 2.05) is 6.92 Å². The van der Waals surface area contributed by atoms with E-state index >= 15 is 0 Å². The van der Waals surface area contributed by atoms with Gasteiger partial charge in [-0.1, -0.05) is 18.0 Å². The molecule has 3 atom stereocenters. The Balaban J connectivity index is 2.33. The largest absolute Gasteiger partial charge is 0.772 e. The lowest BCUT2D eigenvalue weighted by Crippen LogP contribution is -1.94. The third-order valence-corrected chi connectivity index (χ3v) is 2.43. The summed E-state index contributed by atoms with van der Waals surface area (Å²) in [4.78, 5) is 0. The van der Waals surface area contributed by atoms with E-state index in [0.29, 0.717) is 5.92 Å². The van der Waals surface area contributed by atoms with Crippen molar-refractivity contribution in [3.05, 3.63) is 0 Å². The average molecular weight is 119 g/mol. The quantitative estimate of drug-likeness (QED) is 0.465. The molecule has 0 saturated heterocycles. The van der Waals surface area contributed by atoms with Crippen LogP contribution in [0.1, 0.15) is 13.3 Å². The van der Waals surface area contributed by atoms with Crippen LogP contribution >= 0.6 is 0 Å². The van der Waals surface area contributed by atoms with Crippen molar-refractivity contribution in [2.45, 2.75) is 18.6 Å². The SMILES string of the molecule is CC1CC1S(=O)[O-]. The summed E-state index contributed by atoms with van der Waals surface area (Å²) in [5.74, 6) is 0.429. The summed E-state index contributed by atoms with van der Waals surface area (Å²) in [5.41, 5.74) is 0. The van der Waals surface area contributed by atoms with E-state index in [0.717, 1.165) is 6.42 Å². The molecule has 3 heteroatoms. The summed E-state index contributed by atoms with van der Waals surface area (Å²) in [6.07, 6.45) is 0.871. The topological polar surface area (TPSA) is 40.1 Å². The summed E-state index contributed by atoms with van der Waals surface area (Å²) in [5, 5.41) is -0.0139. The molecule has 0 aromatic carbocycles. The van der Waals surface area contributed by atoms with E-state index in [9.17, 15) is 8.76 Å². The zero-order valence-electron chi connectivity index (χ0n) is 4.09. The summed E-state index contributed by atoms with van der Waals surface area (Å²) < 4.78 is 19.9. The minimum Gasteiger partial charge on any atom is -0.772 e. The van der Waals surface area contributed by atoms with Crippen molar-refractivity contribution in [3.63, 3.8) is 0 Å². The summed E-state index contributed by atoms with van der Waals surface area (Å²) in [7, 11) is 0. The maximum absolute atomic E-state index is 9.97. The lowest BCUT2D eigenvalue weighted by atomic mass is 10.5. The van der Waals surface area contributed by atoms with Crippen LogP contribution in [0, 0.1) is 5.92 Å². The highest BCUT2D eigenvalue weighted by Gasteiger charge is 2.33. The van der Waals surface area contributed by atoms with E-state index < -0.39 is 11.1 Å². The molecule has 1 aliphatic rings. The van der Waals surface area contributed by atoms with Crippen LogP contribution in [-0.2, 0) is 11.1 Å². The van der Waals surface area contributed by atoms with Crippen LogP contribution in [0.15, 0.2) is 0 Å². The van der Waals surface area contributed by atoms with Gasteiger partial charge >= 0.3 is 0 Å². The van der Waals surface area contributed by atoms with Gasteiger partial charge in [0, 0.05) is 5.25 Å². The summed E-state index contributed by atoms with van der Waals surface area (Å²) in [6, 6.07) is 0. The number of hydrogen-bond acceptors (Lipinski definition) is 2. The van der Waals surface area contributed by atoms with Crippen molar-refractivity contribution in [1.82, 2.24) is 0 Å². The molecule has 1 saturated carbocycles. The molecule has 0 heterocycles. The fraction of sp³-hybridized carbons (Fsp3) is 1.00. The molecule has 1 fully saturated rings. The van der Waals surface area contributed by atoms with Crippen molar-refractivity contribution in [2.75, 3.05) is 0 Å². The number of rotatable bonds is 1. The smallest absolute Gasteiger partial charge is 0.0244 e. The maximum atomic E-state index is 9.97. The predicted molar refractivity (Wildman–Crippen MR) is 26.5 cm³/mol. The van der Waals surface area contributed by atoms with Gasteiger partial charge in [-0.2, -0.15) is 0 Å². The first-order chi connectivity index (χ1) is 3.22. The minimum atomic E-state index is -1.79. The van der Waals surface area contributed by atoms with E-state index in [-0.39, 0.29) is 5.25 Å². The fourth-order valence-corrected chi connectivity index (χ4v) is 1.40. The van der Waals surface area contributed by atoms with Crippen molar-refractivity contribution in [1.29, 1.82) is 0 Å². The average Bonchev–Trinajstić information content (AvgIpc) is 2.17. The number of hydrogen-bond donors (Lipinski definition) is 0. The second-order valence-electron chi connectivity index (χ2n) is 2.01. The first-order valence-corrected chi connectivity index (χ1v) is 3.43. The van der Waals surface area contributed by atoms with E-state index in [1.165, 1.54) is 0 Å². The normalized spacial score (nSPS) is 43.1. The Hall–Kier alpha value is 0.110. The lowest BCUT2D eigenvalue weighted by Gasteiger charge is -1.98. The third kappa shape index (κ3) is 1.01. The molecular weight excluding hydrogens is 112 g/mol. The molecule has 0 amide bonds. The Kier molecular flexibility index (Phi) is 1.17. The van der Waals surface area contributed by atoms with Gasteiger partial charge < -0.3 is 4.55 Å². The van der Waals surface area contributed by atoms with Crippen LogP contribution in [0.25, 0.3) is 0 Å². The van der Waals surface area contributed by atoms with Crippen LogP contribution in [0.5, 0.6) is 0 Å². The molecular formula is C4H7O2S-. The highest BCUT2D eigenvalue weighted by atomic mass is 32.2.